The van der Waals surface area contributed by atoms with E-state index in [2.05, 4.69) is 10.3 Å². The average Bonchev–Trinajstić information content (AvgIpc) is 2.62. The maximum absolute atomic E-state index is 12.5. The second-order valence-electron chi connectivity index (χ2n) is 6.56. The fourth-order valence-electron chi connectivity index (χ4n) is 3.32. The van der Waals surface area contributed by atoms with Crippen molar-refractivity contribution in [2.24, 2.45) is 5.92 Å². The van der Waals surface area contributed by atoms with Gasteiger partial charge in [-0.3, -0.25) is 14.6 Å². The van der Waals surface area contributed by atoms with Gasteiger partial charge in [-0.15, -0.1) is 0 Å². The molecule has 2 N–H and O–H groups in total. The van der Waals surface area contributed by atoms with Gasteiger partial charge in [-0.2, -0.15) is 0 Å². The molecule has 3 rings (SSSR count). The Morgan fingerprint density at radius 2 is 1.72 bits per heavy atom. The van der Waals surface area contributed by atoms with Crippen molar-refractivity contribution < 1.29 is 14.7 Å². The molecule has 0 saturated heterocycles. The van der Waals surface area contributed by atoms with Gasteiger partial charge in [0, 0.05) is 11.6 Å². The third-order valence-corrected chi connectivity index (χ3v) is 4.81. The van der Waals surface area contributed by atoms with Crippen LogP contribution in [-0.2, 0) is 4.79 Å². The number of carboxylic acids is 1. The number of carbonyl (C=O) groups is 2. The minimum Gasteiger partial charge on any atom is -0.481 e. The molecule has 0 unspecified atom stereocenters. The summed E-state index contributed by atoms with van der Waals surface area (Å²) in [6, 6.07) is 13.6. The first-order valence-corrected chi connectivity index (χ1v) is 8.61. The van der Waals surface area contributed by atoms with Gasteiger partial charge < -0.3 is 10.4 Å². The lowest BCUT2D eigenvalue weighted by atomic mass is 9.86. The molecular formula is C20H22N2O3. The van der Waals surface area contributed by atoms with Crippen LogP contribution in [0.1, 0.15) is 41.7 Å². The highest BCUT2D eigenvalue weighted by Gasteiger charge is 2.27. The summed E-state index contributed by atoms with van der Waals surface area (Å²) in [5.74, 6) is -1.15. The second-order valence-corrected chi connectivity index (χ2v) is 6.56. The fourth-order valence-corrected chi connectivity index (χ4v) is 3.32. The van der Waals surface area contributed by atoms with Gasteiger partial charge in [0.2, 0.25) is 0 Å². The third-order valence-electron chi connectivity index (χ3n) is 4.81. The van der Waals surface area contributed by atoms with Crippen LogP contribution in [0.4, 0.5) is 0 Å². The normalized spacial score (nSPS) is 20.0. The van der Waals surface area contributed by atoms with Crippen LogP contribution in [-0.4, -0.2) is 28.0 Å². The maximum Gasteiger partial charge on any atom is 0.306 e. The standard InChI is InChI=1S/C20H22N2O3/c1-13-17(11-12-18(21-13)14-5-3-2-4-6-14)19(23)22-16-9-7-15(8-10-16)20(24)25/h2-6,11-12,15-16H,7-10H2,1H3,(H,22,23)(H,24,25). The molecule has 1 aromatic heterocycles. The second kappa shape index (κ2) is 7.47. The molecule has 0 aliphatic heterocycles. The summed E-state index contributed by atoms with van der Waals surface area (Å²) in [5.41, 5.74) is 3.12. The van der Waals surface area contributed by atoms with Crippen molar-refractivity contribution in [1.29, 1.82) is 0 Å². The number of carbonyl (C=O) groups excluding carboxylic acids is 1. The van der Waals surface area contributed by atoms with E-state index in [1.807, 2.05) is 49.4 Å². The zero-order valence-electron chi connectivity index (χ0n) is 14.2. The Labute approximate surface area is 147 Å². The SMILES string of the molecule is Cc1nc(-c2ccccc2)ccc1C(=O)NC1CCC(C(=O)O)CC1. The van der Waals surface area contributed by atoms with Gasteiger partial charge >= 0.3 is 5.97 Å². The van der Waals surface area contributed by atoms with E-state index in [-0.39, 0.29) is 17.9 Å². The van der Waals surface area contributed by atoms with Crippen LogP contribution in [0.3, 0.4) is 0 Å². The predicted molar refractivity (Wildman–Crippen MR) is 95.3 cm³/mol. The van der Waals surface area contributed by atoms with Gasteiger partial charge in [0.1, 0.15) is 0 Å². The Morgan fingerprint density at radius 1 is 1.04 bits per heavy atom. The van der Waals surface area contributed by atoms with Crippen LogP contribution in [0, 0.1) is 12.8 Å². The lowest BCUT2D eigenvalue weighted by Gasteiger charge is -2.27. The molecule has 1 aliphatic rings. The molecule has 1 aliphatic carbocycles. The summed E-state index contributed by atoms with van der Waals surface area (Å²) in [6.07, 6.45) is 2.64. The molecule has 5 heteroatoms. The molecule has 1 fully saturated rings. The van der Waals surface area contributed by atoms with E-state index in [9.17, 15) is 9.59 Å². The quantitative estimate of drug-likeness (QED) is 0.895. The van der Waals surface area contributed by atoms with Crippen molar-refractivity contribution >= 4 is 11.9 Å². The largest absolute Gasteiger partial charge is 0.481 e. The van der Waals surface area contributed by atoms with Gasteiger partial charge in [-0.25, -0.2) is 0 Å². The Balaban J connectivity index is 1.66. The molecule has 2 aromatic rings. The lowest BCUT2D eigenvalue weighted by Crippen LogP contribution is -2.39. The van der Waals surface area contributed by atoms with Crippen LogP contribution >= 0.6 is 0 Å². The van der Waals surface area contributed by atoms with Gasteiger partial charge in [-0.1, -0.05) is 30.3 Å². The number of aromatic nitrogens is 1. The Hall–Kier alpha value is -2.69. The Morgan fingerprint density at radius 3 is 2.32 bits per heavy atom. The van der Waals surface area contributed by atoms with E-state index in [1.54, 1.807) is 0 Å². The lowest BCUT2D eigenvalue weighted by molar-refractivity contribution is -0.142. The molecule has 0 spiro atoms. The molecule has 1 amide bonds. The summed E-state index contributed by atoms with van der Waals surface area (Å²) in [6.45, 7) is 1.84. The summed E-state index contributed by atoms with van der Waals surface area (Å²) in [7, 11) is 0. The molecule has 130 valence electrons. The summed E-state index contributed by atoms with van der Waals surface area (Å²) < 4.78 is 0. The number of hydrogen-bond acceptors (Lipinski definition) is 3. The number of nitrogens with zero attached hydrogens (tertiary/aromatic N) is 1. The third kappa shape index (κ3) is 4.05. The number of amides is 1. The van der Waals surface area contributed by atoms with E-state index in [0.29, 0.717) is 36.9 Å². The van der Waals surface area contributed by atoms with Gasteiger partial charge in [0.25, 0.3) is 5.91 Å². The minimum atomic E-state index is -0.735. The highest BCUT2D eigenvalue weighted by atomic mass is 16.4. The molecular weight excluding hydrogens is 316 g/mol. The van der Waals surface area contributed by atoms with Crippen LogP contribution in [0.2, 0.25) is 0 Å². The number of carboxylic acid groups (broad SMARTS) is 1. The summed E-state index contributed by atoms with van der Waals surface area (Å²) >= 11 is 0. The Kier molecular flexibility index (Phi) is 5.12. The zero-order valence-corrected chi connectivity index (χ0v) is 14.2. The van der Waals surface area contributed by atoms with E-state index in [0.717, 1.165) is 11.3 Å². The highest BCUT2D eigenvalue weighted by molar-refractivity contribution is 5.95. The summed E-state index contributed by atoms with van der Waals surface area (Å²) in [4.78, 5) is 28.1. The number of pyridine rings is 1. The van der Waals surface area contributed by atoms with E-state index >= 15 is 0 Å². The molecule has 1 aromatic carbocycles. The van der Waals surface area contributed by atoms with Crippen LogP contribution in [0.25, 0.3) is 11.3 Å². The van der Waals surface area contributed by atoms with Gasteiger partial charge in [0.15, 0.2) is 0 Å². The Bertz CT molecular complexity index is 766. The minimum absolute atomic E-state index is 0.0382. The van der Waals surface area contributed by atoms with Crippen molar-refractivity contribution in [3.05, 3.63) is 53.7 Å². The monoisotopic (exact) mass is 338 g/mol. The number of rotatable bonds is 4. The molecule has 1 saturated carbocycles. The smallest absolute Gasteiger partial charge is 0.306 e. The van der Waals surface area contributed by atoms with Crippen molar-refractivity contribution in [1.82, 2.24) is 10.3 Å². The van der Waals surface area contributed by atoms with E-state index in [1.165, 1.54) is 0 Å². The summed E-state index contributed by atoms with van der Waals surface area (Å²) in [5, 5.41) is 12.1. The van der Waals surface area contributed by atoms with E-state index in [4.69, 9.17) is 5.11 Å². The molecule has 25 heavy (non-hydrogen) atoms. The van der Waals surface area contributed by atoms with Gasteiger partial charge in [0.05, 0.1) is 22.9 Å². The fraction of sp³-hybridized carbons (Fsp3) is 0.350. The van der Waals surface area contributed by atoms with E-state index < -0.39 is 5.97 Å². The number of aliphatic carboxylic acids is 1. The number of hydrogen-bond donors (Lipinski definition) is 2. The number of benzene rings is 1. The first-order chi connectivity index (χ1) is 12.0. The van der Waals surface area contributed by atoms with Gasteiger partial charge in [-0.05, 0) is 44.7 Å². The number of nitrogens with one attached hydrogen (secondary N) is 1. The predicted octanol–water partition coefficient (Wildman–Crippen LogP) is 3.43. The molecule has 0 atom stereocenters. The van der Waals surface area contributed by atoms with Crippen molar-refractivity contribution in [3.8, 4) is 11.3 Å². The molecule has 0 radical (unpaired) electrons. The van der Waals surface area contributed by atoms with Crippen LogP contribution in [0.15, 0.2) is 42.5 Å². The molecule has 0 bridgehead atoms. The molecule has 1 heterocycles. The van der Waals surface area contributed by atoms with Crippen molar-refractivity contribution in [2.45, 2.75) is 38.6 Å². The zero-order chi connectivity index (χ0) is 17.8. The van der Waals surface area contributed by atoms with Crippen molar-refractivity contribution in [3.63, 3.8) is 0 Å². The highest BCUT2D eigenvalue weighted by Crippen LogP contribution is 2.25. The molecule has 5 nitrogen and oxygen atoms in total. The topological polar surface area (TPSA) is 79.3 Å². The average molecular weight is 338 g/mol. The first-order valence-electron chi connectivity index (χ1n) is 8.61. The maximum atomic E-state index is 12.5. The number of aryl methyl sites for hydroxylation is 1. The van der Waals surface area contributed by atoms with Crippen molar-refractivity contribution in [2.75, 3.05) is 0 Å². The van der Waals surface area contributed by atoms with Crippen LogP contribution in [0.5, 0.6) is 0 Å². The van der Waals surface area contributed by atoms with Crippen LogP contribution < -0.4 is 5.32 Å². The first kappa shape index (κ1) is 17.1.